The number of rotatable bonds is 5. The van der Waals surface area contributed by atoms with Crippen LogP contribution in [-0.2, 0) is 0 Å². The van der Waals surface area contributed by atoms with Crippen LogP contribution in [0.2, 0.25) is 0 Å². The van der Waals surface area contributed by atoms with Gasteiger partial charge in [0.05, 0.1) is 0 Å². The molecule has 1 aromatic rings. The summed E-state index contributed by atoms with van der Waals surface area (Å²) in [6.07, 6.45) is 0. The van der Waals surface area contributed by atoms with Gasteiger partial charge in [-0.15, -0.1) is 0 Å². The van der Waals surface area contributed by atoms with Gasteiger partial charge in [0.15, 0.2) is 0 Å². The maximum absolute atomic E-state index is 6.00. The molecule has 0 aliphatic heterocycles. The van der Waals surface area contributed by atoms with Crippen molar-refractivity contribution in [3.8, 4) is 0 Å². The molecule has 0 amide bonds. The van der Waals surface area contributed by atoms with Crippen LogP contribution in [0.4, 0.5) is 0 Å². The average molecular weight is 234 g/mol. The summed E-state index contributed by atoms with van der Waals surface area (Å²) < 4.78 is 0. The molecule has 0 saturated carbocycles. The van der Waals surface area contributed by atoms with Gasteiger partial charge in [0.25, 0.3) is 0 Å². The molecular formula is C15H26N2. The Morgan fingerprint density at radius 1 is 1.24 bits per heavy atom. The largest absolute Gasteiger partial charge is 0.329 e. The zero-order valence-electron chi connectivity index (χ0n) is 11.8. The lowest BCUT2D eigenvalue weighted by molar-refractivity contribution is 0.166. The zero-order chi connectivity index (χ0) is 13.0. The van der Waals surface area contributed by atoms with Gasteiger partial charge in [-0.25, -0.2) is 0 Å². The van der Waals surface area contributed by atoms with E-state index in [1.165, 1.54) is 16.7 Å². The molecule has 0 radical (unpaired) electrons. The molecule has 17 heavy (non-hydrogen) atoms. The van der Waals surface area contributed by atoms with Crippen LogP contribution in [-0.4, -0.2) is 24.0 Å². The molecule has 1 atom stereocenters. The van der Waals surface area contributed by atoms with Gasteiger partial charge in [-0.3, -0.25) is 4.90 Å². The molecule has 0 aliphatic carbocycles. The van der Waals surface area contributed by atoms with Gasteiger partial charge < -0.3 is 5.73 Å². The van der Waals surface area contributed by atoms with Crippen molar-refractivity contribution in [3.05, 3.63) is 34.9 Å². The minimum absolute atomic E-state index is 0.333. The molecule has 2 nitrogen and oxygen atoms in total. The smallest absolute Gasteiger partial charge is 0.0475 e. The molecule has 1 unspecified atom stereocenters. The van der Waals surface area contributed by atoms with Crippen molar-refractivity contribution < 1.29 is 0 Å². The van der Waals surface area contributed by atoms with Crippen LogP contribution in [0.1, 0.15) is 43.5 Å². The Balaban J connectivity index is 3.12. The van der Waals surface area contributed by atoms with Gasteiger partial charge in [-0.1, -0.05) is 25.1 Å². The number of nitrogens with two attached hydrogens (primary N) is 1. The minimum atomic E-state index is 0.333. The van der Waals surface area contributed by atoms with E-state index in [4.69, 9.17) is 5.73 Å². The van der Waals surface area contributed by atoms with E-state index >= 15 is 0 Å². The highest BCUT2D eigenvalue weighted by atomic mass is 15.2. The van der Waals surface area contributed by atoms with Crippen molar-refractivity contribution in [1.82, 2.24) is 4.90 Å². The summed E-state index contributed by atoms with van der Waals surface area (Å²) in [7, 11) is 0. The van der Waals surface area contributed by atoms with Crippen molar-refractivity contribution in [3.63, 3.8) is 0 Å². The lowest BCUT2D eigenvalue weighted by Gasteiger charge is -2.34. The van der Waals surface area contributed by atoms with E-state index < -0.39 is 0 Å². The Morgan fingerprint density at radius 3 is 2.35 bits per heavy atom. The van der Waals surface area contributed by atoms with Gasteiger partial charge in [0, 0.05) is 18.6 Å². The maximum Gasteiger partial charge on any atom is 0.0475 e. The fourth-order valence-corrected chi connectivity index (χ4v) is 2.52. The normalized spacial score (nSPS) is 13.4. The van der Waals surface area contributed by atoms with Crippen LogP contribution in [0, 0.1) is 13.8 Å². The van der Waals surface area contributed by atoms with E-state index in [2.05, 4.69) is 57.7 Å². The first kappa shape index (κ1) is 14.2. The van der Waals surface area contributed by atoms with Crippen molar-refractivity contribution in [2.75, 3.05) is 13.1 Å². The Bertz CT molecular complexity index is 358. The number of hydrogen-bond acceptors (Lipinski definition) is 2. The molecule has 2 N–H and O–H groups in total. The lowest BCUT2D eigenvalue weighted by atomic mass is 9.95. The summed E-state index contributed by atoms with van der Waals surface area (Å²) in [5, 5.41) is 0. The van der Waals surface area contributed by atoms with E-state index in [9.17, 15) is 0 Å². The lowest BCUT2D eigenvalue weighted by Crippen LogP contribution is -2.38. The highest BCUT2D eigenvalue weighted by Crippen LogP contribution is 2.26. The monoisotopic (exact) mass is 234 g/mol. The Hall–Kier alpha value is -0.860. The molecule has 0 fully saturated rings. The molecule has 0 spiro atoms. The fourth-order valence-electron chi connectivity index (χ4n) is 2.52. The number of benzene rings is 1. The number of aryl methyl sites for hydroxylation is 1. The highest BCUT2D eigenvalue weighted by Gasteiger charge is 2.21. The molecule has 1 aromatic carbocycles. The average Bonchev–Trinajstić information content (AvgIpc) is 2.29. The summed E-state index contributed by atoms with van der Waals surface area (Å²) >= 11 is 0. The van der Waals surface area contributed by atoms with Crippen molar-refractivity contribution in [2.45, 2.75) is 46.7 Å². The van der Waals surface area contributed by atoms with Crippen molar-refractivity contribution in [1.29, 1.82) is 0 Å². The first-order valence-corrected chi connectivity index (χ1v) is 6.54. The Labute approximate surface area is 106 Å². The van der Waals surface area contributed by atoms with Gasteiger partial charge in [0.2, 0.25) is 0 Å². The summed E-state index contributed by atoms with van der Waals surface area (Å²) in [6.45, 7) is 12.7. The van der Waals surface area contributed by atoms with Gasteiger partial charge >= 0.3 is 0 Å². The SMILES string of the molecule is CCN(C(C)C)C(CN)c1cccc(C)c1C. The summed E-state index contributed by atoms with van der Waals surface area (Å²) in [5.74, 6) is 0. The predicted octanol–water partition coefficient (Wildman–Crippen LogP) is 3.03. The third kappa shape index (κ3) is 3.08. The first-order valence-electron chi connectivity index (χ1n) is 6.54. The van der Waals surface area contributed by atoms with Crippen LogP contribution in [0.15, 0.2) is 18.2 Å². The van der Waals surface area contributed by atoms with E-state index in [-0.39, 0.29) is 0 Å². The van der Waals surface area contributed by atoms with Crippen LogP contribution < -0.4 is 5.73 Å². The van der Waals surface area contributed by atoms with Crippen LogP contribution in [0.5, 0.6) is 0 Å². The number of likely N-dealkylation sites (N-methyl/N-ethyl adjacent to an activating group) is 1. The molecule has 0 saturated heterocycles. The second kappa shape index (κ2) is 6.18. The summed E-state index contributed by atoms with van der Waals surface area (Å²) in [6, 6.07) is 7.37. The van der Waals surface area contributed by atoms with E-state index in [0.29, 0.717) is 18.6 Å². The van der Waals surface area contributed by atoms with Crippen molar-refractivity contribution >= 4 is 0 Å². The van der Waals surface area contributed by atoms with Gasteiger partial charge in [-0.05, 0) is 50.9 Å². The topological polar surface area (TPSA) is 29.3 Å². The Morgan fingerprint density at radius 2 is 1.88 bits per heavy atom. The van der Waals surface area contributed by atoms with E-state index in [1.807, 2.05) is 0 Å². The van der Waals surface area contributed by atoms with Gasteiger partial charge in [-0.2, -0.15) is 0 Å². The molecular weight excluding hydrogens is 208 g/mol. The second-order valence-electron chi connectivity index (χ2n) is 4.96. The second-order valence-corrected chi connectivity index (χ2v) is 4.96. The quantitative estimate of drug-likeness (QED) is 0.848. The maximum atomic E-state index is 6.00. The third-order valence-corrected chi connectivity index (χ3v) is 3.66. The summed E-state index contributed by atoms with van der Waals surface area (Å²) in [4.78, 5) is 2.46. The van der Waals surface area contributed by atoms with Crippen molar-refractivity contribution in [2.24, 2.45) is 5.73 Å². The molecule has 0 bridgehead atoms. The van der Waals surface area contributed by atoms with E-state index in [0.717, 1.165) is 6.54 Å². The van der Waals surface area contributed by atoms with E-state index in [1.54, 1.807) is 0 Å². The molecule has 2 heteroatoms. The number of hydrogen-bond donors (Lipinski definition) is 1. The summed E-state index contributed by atoms with van der Waals surface area (Å²) in [5.41, 5.74) is 10.1. The fraction of sp³-hybridized carbons (Fsp3) is 0.600. The number of nitrogens with zero attached hydrogens (tertiary/aromatic N) is 1. The molecule has 1 rings (SSSR count). The minimum Gasteiger partial charge on any atom is -0.329 e. The standard InChI is InChI=1S/C15H26N2/c1-6-17(11(2)3)15(10-16)14-9-7-8-12(4)13(14)5/h7-9,11,15H,6,10,16H2,1-5H3. The predicted molar refractivity (Wildman–Crippen MR) is 75.2 cm³/mol. The molecule has 0 heterocycles. The third-order valence-electron chi connectivity index (χ3n) is 3.66. The molecule has 96 valence electrons. The first-order chi connectivity index (χ1) is 8.02. The molecule has 0 aliphatic rings. The molecule has 0 aromatic heterocycles. The zero-order valence-corrected chi connectivity index (χ0v) is 11.8. The van der Waals surface area contributed by atoms with Crippen LogP contribution in [0.3, 0.4) is 0 Å². The Kier molecular flexibility index (Phi) is 5.16. The van der Waals surface area contributed by atoms with Gasteiger partial charge in [0.1, 0.15) is 0 Å². The van der Waals surface area contributed by atoms with Crippen LogP contribution in [0.25, 0.3) is 0 Å². The van der Waals surface area contributed by atoms with Crippen LogP contribution >= 0.6 is 0 Å². The highest BCUT2D eigenvalue weighted by molar-refractivity contribution is 5.35.